The van der Waals surface area contributed by atoms with E-state index >= 15 is 0 Å². The molecule has 0 unspecified atom stereocenters. The number of methoxy groups -OCH3 is 2. The molecule has 1 saturated heterocycles. The van der Waals surface area contributed by atoms with Gasteiger partial charge in [-0.1, -0.05) is 24.3 Å². The molecule has 182 valence electrons. The molecule has 4 rings (SSSR count). The van der Waals surface area contributed by atoms with Crippen molar-refractivity contribution in [3.63, 3.8) is 0 Å². The van der Waals surface area contributed by atoms with E-state index in [1.165, 1.54) is 6.92 Å². The minimum absolute atomic E-state index is 0.120. The lowest BCUT2D eigenvalue weighted by atomic mass is 9.88. The van der Waals surface area contributed by atoms with Gasteiger partial charge in [0.1, 0.15) is 23.3 Å². The minimum atomic E-state index is -0.713. The van der Waals surface area contributed by atoms with Crippen molar-refractivity contribution < 1.29 is 23.8 Å². The second kappa shape index (κ2) is 10.1. The maximum atomic E-state index is 13.4. The lowest BCUT2D eigenvalue weighted by Crippen LogP contribution is -2.60. The van der Waals surface area contributed by atoms with Crippen LogP contribution in [0, 0.1) is 13.8 Å². The molecular formula is C28H30N2O5. The number of nitrogens with zero attached hydrogens (tertiary/aromatic N) is 1. The van der Waals surface area contributed by atoms with E-state index in [1.807, 2.05) is 74.5 Å². The third-order valence-corrected chi connectivity index (χ3v) is 6.10. The minimum Gasteiger partial charge on any atom is -0.497 e. The Morgan fingerprint density at radius 3 is 2.49 bits per heavy atom. The van der Waals surface area contributed by atoms with Crippen LogP contribution in [0.5, 0.6) is 17.2 Å². The zero-order valence-electron chi connectivity index (χ0n) is 20.6. The zero-order valence-corrected chi connectivity index (χ0v) is 20.6. The standard InChI is InChI=1S/C28H30N2O5/c1-17-9-10-18(2)25(13-17)35-27-26(23-15-22(33-4)11-12-24(23)34-5)30(28(27)32)16-20-7-6-8-21(14-20)29-19(3)31/h6-15,26-27H,16H2,1-5H3,(H,29,31)/t26-,27-/m1/s1. The largest absolute Gasteiger partial charge is 0.497 e. The summed E-state index contributed by atoms with van der Waals surface area (Å²) < 4.78 is 17.4. The van der Waals surface area contributed by atoms with Gasteiger partial charge in [-0.3, -0.25) is 9.59 Å². The van der Waals surface area contributed by atoms with Gasteiger partial charge in [0.05, 0.1) is 14.2 Å². The highest BCUT2D eigenvalue weighted by Gasteiger charge is 2.51. The van der Waals surface area contributed by atoms with E-state index in [4.69, 9.17) is 14.2 Å². The summed E-state index contributed by atoms with van der Waals surface area (Å²) in [7, 11) is 3.21. The molecule has 7 nitrogen and oxygen atoms in total. The van der Waals surface area contributed by atoms with Gasteiger partial charge in [0.15, 0.2) is 0 Å². The quantitative estimate of drug-likeness (QED) is 0.474. The van der Waals surface area contributed by atoms with Crippen LogP contribution in [-0.2, 0) is 16.1 Å². The number of aryl methyl sites for hydroxylation is 2. The lowest BCUT2D eigenvalue weighted by molar-refractivity contribution is -0.165. The van der Waals surface area contributed by atoms with Crippen molar-refractivity contribution in [3.05, 3.63) is 82.9 Å². The van der Waals surface area contributed by atoms with Gasteiger partial charge in [0.2, 0.25) is 12.0 Å². The van der Waals surface area contributed by atoms with Crippen molar-refractivity contribution >= 4 is 17.5 Å². The first-order valence-corrected chi connectivity index (χ1v) is 11.4. The van der Waals surface area contributed by atoms with Crippen molar-refractivity contribution in [1.82, 2.24) is 4.90 Å². The van der Waals surface area contributed by atoms with Crippen LogP contribution in [0.25, 0.3) is 0 Å². The van der Waals surface area contributed by atoms with Crippen molar-refractivity contribution in [2.24, 2.45) is 0 Å². The molecule has 0 spiro atoms. The number of anilines is 1. The predicted octanol–water partition coefficient (Wildman–Crippen LogP) is 4.81. The number of nitrogens with one attached hydrogen (secondary N) is 1. The van der Waals surface area contributed by atoms with Gasteiger partial charge >= 0.3 is 0 Å². The van der Waals surface area contributed by atoms with E-state index in [0.29, 0.717) is 29.5 Å². The molecule has 2 atom stereocenters. The van der Waals surface area contributed by atoms with Crippen molar-refractivity contribution in [2.75, 3.05) is 19.5 Å². The second-order valence-electron chi connectivity index (χ2n) is 8.71. The van der Waals surface area contributed by atoms with Gasteiger partial charge in [0, 0.05) is 24.7 Å². The van der Waals surface area contributed by atoms with Gasteiger partial charge in [-0.15, -0.1) is 0 Å². The molecule has 7 heteroatoms. The number of hydrogen-bond acceptors (Lipinski definition) is 5. The van der Waals surface area contributed by atoms with Gasteiger partial charge in [-0.05, 0) is 66.9 Å². The first kappa shape index (κ1) is 24.1. The summed E-state index contributed by atoms with van der Waals surface area (Å²) >= 11 is 0. The summed E-state index contributed by atoms with van der Waals surface area (Å²) in [6.07, 6.45) is -0.713. The third-order valence-electron chi connectivity index (χ3n) is 6.10. The Bertz CT molecular complexity index is 1260. The normalized spacial score (nSPS) is 16.9. The third kappa shape index (κ3) is 5.09. The van der Waals surface area contributed by atoms with Crippen LogP contribution in [0.15, 0.2) is 60.7 Å². The monoisotopic (exact) mass is 474 g/mol. The summed E-state index contributed by atoms with van der Waals surface area (Å²) in [5.41, 5.74) is 4.39. The molecule has 1 aliphatic heterocycles. The molecular weight excluding hydrogens is 444 g/mol. The highest BCUT2D eigenvalue weighted by atomic mass is 16.5. The average Bonchev–Trinajstić information content (AvgIpc) is 2.84. The van der Waals surface area contributed by atoms with Crippen molar-refractivity contribution in [2.45, 2.75) is 39.5 Å². The SMILES string of the molecule is COc1ccc(OC)c([C@@H]2[C@@H](Oc3cc(C)ccc3C)C(=O)N2Cc2cccc(NC(C)=O)c2)c1. The van der Waals surface area contributed by atoms with Crippen molar-refractivity contribution in [3.8, 4) is 17.2 Å². The molecule has 3 aromatic carbocycles. The highest BCUT2D eigenvalue weighted by Crippen LogP contribution is 2.44. The molecule has 1 heterocycles. The van der Waals surface area contributed by atoms with Crippen LogP contribution < -0.4 is 19.5 Å². The Morgan fingerprint density at radius 2 is 1.77 bits per heavy atom. The van der Waals surface area contributed by atoms with E-state index in [-0.39, 0.29) is 11.8 Å². The molecule has 35 heavy (non-hydrogen) atoms. The molecule has 3 aromatic rings. The van der Waals surface area contributed by atoms with Crippen LogP contribution in [-0.4, -0.2) is 37.0 Å². The van der Waals surface area contributed by atoms with Crippen LogP contribution in [0.1, 0.15) is 35.2 Å². The number of carbonyl (C=O) groups is 2. The molecule has 1 aliphatic rings. The molecule has 2 amide bonds. The fourth-order valence-electron chi connectivity index (χ4n) is 4.33. The Kier molecular flexibility index (Phi) is 6.96. The number of hydrogen-bond donors (Lipinski definition) is 1. The number of benzene rings is 3. The fraction of sp³-hybridized carbons (Fsp3) is 0.286. The smallest absolute Gasteiger partial charge is 0.267 e. The van der Waals surface area contributed by atoms with E-state index in [2.05, 4.69) is 5.32 Å². The van der Waals surface area contributed by atoms with Gasteiger partial charge < -0.3 is 24.4 Å². The number of ether oxygens (including phenoxy) is 3. The number of likely N-dealkylation sites (tertiary alicyclic amines) is 1. The Morgan fingerprint density at radius 1 is 0.971 bits per heavy atom. The highest BCUT2D eigenvalue weighted by molar-refractivity contribution is 5.90. The van der Waals surface area contributed by atoms with E-state index in [1.54, 1.807) is 19.1 Å². The van der Waals surface area contributed by atoms with Crippen LogP contribution in [0.2, 0.25) is 0 Å². The topological polar surface area (TPSA) is 77.1 Å². The molecule has 0 bridgehead atoms. The molecule has 0 radical (unpaired) electrons. The summed E-state index contributed by atoms with van der Waals surface area (Å²) in [5, 5.41) is 2.79. The van der Waals surface area contributed by atoms with E-state index in [9.17, 15) is 9.59 Å². The maximum Gasteiger partial charge on any atom is 0.267 e. The number of β-lactam (4-membered cyclic amide) rings is 1. The average molecular weight is 475 g/mol. The summed E-state index contributed by atoms with van der Waals surface area (Å²) in [6, 6.07) is 18.6. The predicted molar refractivity (Wildman–Crippen MR) is 134 cm³/mol. The molecule has 1 N–H and O–H groups in total. The Balaban J connectivity index is 1.70. The fourth-order valence-corrected chi connectivity index (χ4v) is 4.33. The summed E-state index contributed by atoms with van der Waals surface area (Å²) in [5.74, 6) is 1.73. The van der Waals surface area contributed by atoms with Gasteiger partial charge in [0.25, 0.3) is 5.91 Å². The maximum absolute atomic E-state index is 13.4. The zero-order chi connectivity index (χ0) is 25.1. The summed E-state index contributed by atoms with van der Waals surface area (Å²) in [4.78, 5) is 26.7. The molecule has 0 saturated carbocycles. The van der Waals surface area contributed by atoms with Gasteiger partial charge in [-0.2, -0.15) is 0 Å². The van der Waals surface area contributed by atoms with Crippen LogP contribution in [0.4, 0.5) is 5.69 Å². The van der Waals surface area contributed by atoms with Crippen LogP contribution in [0.3, 0.4) is 0 Å². The lowest BCUT2D eigenvalue weighted by Gasteiger charge is -2.47. The second-order valence-corrected chi connectivity index (χ2v) is 8.71. The van der Waals surface area contributed by atoms with Crippen molar-refractivity contribution in [1.29, 1.82) is 0 Å². The first-order valence-electron chi connectivity index (χ1n) is 11.4. The van der Waals surface area contributed by atoms with E-state index < -0.39 is 12.1 Å². The Hall–Kier alpha value is -4.00. The number of amides is 2. The Labute approximate surface area is 205 Å². The molecule has 1 fully saturated rings. The number of carbonyl (C=O) groups excluding carboxylic acids is 2. The summed E-state index contributed by atoms with van der Waals surface area (Å²) in [6.45, 7) is 5.77. The van der Waals surface area contributed by atoms with Crippen LogP contribution >= 0.6 is 0 Å². The van der Waals surface area contributed by atoms with E-state index in [0.717, 1.165) is 22.3 Å². The molecule has 0 aliphatic carbocycles. The molecule has 0 aromatic heterocycles. The van der Waals surface area contributed by atoms with Gasteiger partial charge in [-0.25, -0.2) is 0 Å². The number of rotatable bonds is 8. The first-order chi connectivity index (χ1) is 16.8.